The van der Waals surface area contributed by atoms with Crippen LogP contribution in [0.15, 0.2) is 103 Å². The number of allylic oxidation sites excluding steroid dienone is 2. The van der Waals surface area contributed by atoms with E-state index in [1.807, 2.05) is 36.4 Å². The maximum atomic E-state index is 12.4. The van der Waals surface area contributed by atoms with Gasteiger partial charge < -0.3 is 4.74 Å². The quantitative estimate of drug-likeness (QED) is 0.408. The average Bonchev–Trinajstić information content (AvgIpc) is 3.28. The van der Waals surface area contributed by atoms with Crippen LogP contribution in [0.25, 0.3) is 16.6 Å². The van der Waals surface area contributed by atoms with Crippen molar-refractivity contribution in [3.8, 4) is 11.4 Å². The first-order valence-corrected chi connectivity index (χ1v) is 9.89. The second-order valence-corrected chi connectivity index (χ2v) is 7.16. The van der Waals surface area contributed by atoms with E-state index in [4.69, 9.17) is 0 Å². The molecule has 2 aromatic heterocycles. The number of para-hydroxylation sites is 1. The van der Waals surface area contributed by atoms with E-state index in [1.165, 1.54) is 24.3 Å². The Balaban J connectivity index is 1.52. The van der Waals surface area contributed by atoms with E-state index in [9.17, 15) is 13.2 Å². The Bertz CT molecular complexity index is 1400. The SMILES string of the molecule is C=C1C=CN(c2ccc(OC(F)(F)F)cc2)N=C1c1ccnn1-c1cccc2cccnc12. The first kappa shape index (κ1) is 20.5. The summed E-state index contributed by atoms with van der Waals surface area (Å²) in [5.41, 5.74) is 4.07. The van der Waals surface area contributed by atoms with E-state index >= 15 is 0 Å². The second-order valence-electron chi connectivity index (χ2n) is 7.16. The zero-order valence-electron chi connectivity index (χ0n) is 17.1. The molecule has 0 bridgehead atoms. The molecule has 9 heteroatoms. The molecule has 0 fully saturated rings. The molecule has 0 unspecified atom stereocenters. The van der Waals surface area contributed by atoms with Crippen molar-refractivity contribution in [2.24, 2.45) is 5.10 Å². The normalized spacial score (nSPS) is 14.0. The summed E-state index contributed by atoms with van der Waals surface area (Å²) in [7, 11) is 0. The molecule has 2 aromatic carbocycles. The third-order valence-corrected chi connectivity index (χ3v) is 4.99. The Kier molecular flexibility index (Phi) is 4.93. The molecule has 0 N–H and O–H groups in total. The summed E-state index contributed by atoms with van der Waals surface area (Å²) in [4.78, 5) is 4.50. The largest absolute Gasteiger partial charge is 0.573 e. The number of pyridine rings is 1. The summed E-state index contributed by atoms with van der Waals surface area (Å²) in [6.45, 7) is 4.09. The zero-order valence-corrected chi connectivity index (χ0v) is 17.1. The number of alkyl halides is 3. The van der Waals surface area contributed by atoms with Crippen LogP contribution in [0.2, 0.25) is 0 Å². The summed E-state index contributed by atoms with van der Waals surface area (Å²) in [5.74, 6) is -0.303. The molecular formula is C24H16F3N5O. The number of fused-ring (bicyclic) bond motifs is 1. The molecule has 0 amide bonds. The fraction of sp³-hybridized carbons (Fsp3) is 0.0417. The van der Waals surface area contributed by atoms with Gasteiger partial charge in [0.1, 0.15) is 11.5 Å². The second kappa shape index (κ2) is 7.94. The molecule has 4 aromatic rings. The standard InChI is InChI=1S/C24H16F3N5O/c1-16-12-15-31(18-7-9-19(10-8-18)33-24(25,26)27)30-22(16)21-11-14-29-32(21)20-6-2-4-17-5-3-13-28-23(17)20/h2-15H,1H2. The molecule has 164 valence electrons. The molecule has 0 spiro atoms. The number of halogens is 3. The third-order valence-electron chi connectivity index (χ3n) is 4.99. The smallest absolute Gasteiger partial charge is 0.406 e. The van der Waals surface area contributed by atoms with Gasteiger partial charge in [-0.25, -0.2) is 9.69 Å². The van der Waals surface area contributed by atoms with E-state index in [2.05, 4.69) is 26.5 Å². The highest BCUT2D eigenvalue weighted by Crippen LogP contribution is 2.28. The van der Waals surface area contributed by atoms with E-state index in [0.717, 1.165) is 16.6 Å². The minimum absolute atomic E-state index is 0.303. The van der Waals surface area contributed by atoms with Crippen molar-refractivity contribution in [3.05, 3.63) is 103 Å². The third kappa shape index (κ3) is 4.08. The van der Waals surface area contributed by atoms with Crippen LogP contribution in [-0.4, -0.2) is 26.8 Å². The number of ether oxygens (including phenoxy) is 1. The molecule has 0 saturated carbocycles. The lowest BCUT2D eigenvalue weighted by molar-refractivity contribution is -0.274. The maximum absolute atomic E-state index is 12.4. The first-order valence-electron chi connectivity index (χ1n) is 9.89. The van der Waals surface area contributed by atoms with Crippen LogP contribution in [-0.2, 0) is 0 Å². The fourth-order valence-electron chi connectivity index (χ4n) is 3.54. The highest BCUT2D eigenvalue weighted by atomic mass is 19.4. The summed E-state index contributed by atoms with van der Waals surface area (Å²) >= 11 is 0. The Morgan fingerprint density at radius 3 is 2.48 bits per heavy atom. The Morgan fingerprint density at radius 1 is 0.909 bits per heavy atom. The van der Waals surface area contributed by atoms with Gasteiger partial charge in [-0.2, -0.15) is 10.2 Å². The van der Waals surface area contributed by atoms with Gasteiger partial charge >= 0.3 is 6.36 Å². The maximum Gasteiger partial charge on any atom is 0.573 e. The topological polar surface area (TPSA) is 55.5 Å². The van der Waals surface area contributed by atoms with Crippen LogP contribution >= 0.6 is 0 Å². The number of benzene rings is 2. The van der Waals surface area contributed by atoms with Gasteiger partial charge in [-0.15, -0.1) is 13.2 Å². The number of nitrogens with zero attached hydrogens (tertiary/aromatic N) is 5. The van der Waals surface area contributed by atoms with Crippen molar-refractivity contribution in [1.29, 1.82) is 0 Å². The van der Waals surface area contributed by atoms with Gasteiger partial charge in [-0.3, -0.25) is 4.98 Å². The molecule has 0 saturated heterocycles. The minimum Gasteiger partial charge on any atom is -0.406 e. The molecule has 3 heterocycles. The highest BCUT2D eigenvalue weighted by molar-refractivity contribution is 6.14. The number of rotatable bonds is 4. The number of hydrogen-bond acceptors (Lipinski definition) is 5. The summed E-state index contributed by atoms with van der Waals surface area (Å²) in [6, 6.07) is 17.0. The van der Waals surface area contributed by atoms with Gasteiger partial charge in [0.15, 0.2) is 0 Å². The van der Waals surface area contributed by atoms with Gasteiger partial charge in [0, 0.05) is 17.8 Å². The number of anilines is 1. The molecule has 6 nitrogen and oxygen atoms in total. The Hall–Kier alpha value is -4.40. The predicted octanol–water partition coefficient (Wildman–Crippen LogP) is 5.61. The first-order chi connectivity index (χ1) is 15.9. The monoisotopic (exact) mass is 447 g/mol. The number of hydrogen-bond donors (Lipinski definition) is 0. The minimum atomic E-state index is -4.75. The highest BCUT2D eigenvalue weighted by Gasteiger charge is 2.31. The van der Waals surface area contributed by atoms with E-state index < -0.39 is 6.36 Å². The molecule has 0 aliphatic carbocycles. The molecule has 0 radical (unpaired) electrons. The van der Waals surface area contributed by atoms with Crippen LogP contribution in [0.4, 0.5) is 18.9 Å². The predicted molar refractivity (Wildman–Crippen MR) is 119 cm³/mol. The van der Waals surface area contributed by atoms with Crippen LogP contribution in [0, 0.1) is 0 Å². The van der Waals surface area contributed by atoms with Crippen LogP contribution in [0.5, 0.6) is 5.75 Å². The van der Waals surface area contributed by atoms with Crippen molar-refractivity contribution in [2.45, 2.75) is 6.36 Å². The lowest BCUT2D eigenvalue weighted by atomic mass is 10.1. The van der Waals surface area contributed by atoms with Gasteiger partial charge in [-0.05, 0) is 54.1 Å². The summed E-state index contributed by atoms with van der Waals surface area (Å²) < 4.78 is 43.0. The molecule has 5 rings (SSSR count). The van der Waals surface area contributed by atoms with E-state index in [0.29, 0.717) is 22.7 Å². The molecule has 33 heavy (non-hydrogen) atoms. The van der Waals surface area contributed by atoms with Gasteiger partial charge in [-0.1, -0.05) is 24.8 Å². The van der Waals surface area contributed by atoms with Gasteiger partial charge in [0.2, 0.25) is 0 Å². The van der Waals surface area contributed by atoms with Gasteiger partial charge in [0.25, 0.3) is 0 Å². The van der Waals surface area contributed by atoms with Crippen LogP contribution < -0.4 is 9.75 Å². The van der Waals surface area contributed by atoms with E-state index in [-0.39, 0.29) is 5.75 Å². The molecule has 0 atom stereocenters. The van der Waals surface area contributed by atoms with Crippen molar-refractivity contribution < 1.29 is 17.9 Å². The lowest BCUT2D eigenvalue weighted by Crippen LogP contribution is -2.21. The number of aromatic nitrogens is 3. The van der Waals surface area contributed by atoms with Crippen LogP contribution in [0.3, 0.4) is 0 Å². The van der Waals surface area contributed by atoms with Crippen LogP contribution in [0.1, 0.15) is 5.69 Å². The lowest BCUT2D eigenvalue weighted by Gasteiger charge is -2.22. The summed E-state index contributed by atoms with van der Waals surface area (Å²) in [6.07, 6.45) is 2.11. The zero-order chi connectivity index (χ0) is 23.0. The summed E-state index contributed by atoms with van der Waals surface area (Å²) in [5, 5.41) is 11.7. The number of hydrazone groups is 1. The molecular weight excluding hydrogens is 431 g/mol. The Morgan fingerprint density at radius 2 is 1.70 bits per heavy atom. The van der Waals surface area contributed by atoms with Crippen molar-refractivity contribution in [1.82, 2.24) is 14.8 Å². The molecule has 1 aliphatic heterocycles. The van der Waals surface area contributed by atoms with Gasteiger partial charge in [0.05, 0.1) is 28.8 Å². The van der Waals surface area contributed by atoms with E-state index in [1.54, 1.807) is 34.4 Å². The van der Waals surface area contributed by atoms with Crippen molar-refractivity contribution in [2.75, 3.05) is 5.01 Å². The average molecular weight is 447 g/mol. The Labute approximate surface area is 186 Å². The van der Waals surface area contributed by atoms with Crippen molar-refractivity contribution >= 4 is 22.3 Å². The fourth-order valence-corrected chi connectivity index (χ4v) is 3.54. The molecule has 1 aliphatic rings. The van der Waals surface area contributed by atoms with Crippen molar-refractivity contribution in [3.63, 3.8) is 0 Å².